The Kier molecular flexibility index (Phi) is 5.81. The predicted octanol–water partition coefficient (Wildman–Crippen LogP) is 4.56. The van der Waals surface area contributed by atoms with Crippen LogP contribution in [-0.4, -0.2) is 34.3 Å². The molecule has 9 heteroatoms. The fourth-order valence-corrected chi connectivity index (χ4v) is 6.50. The predicted molar refractivity (Wildman–Crippen MR) is 139 cm³/mol. The van der Waals surface area contributed by atoms with Crippen LogP contribution in [-0.2, 0) is 4.79 Å². The smallest absolute Gasteiger partial charge is 0.327 e. The zero-order valence-corrected chi connectivity index (χ0v) is 20.6. The summed E-state index contributed by atoms with van der Waals surface area (Å²) < 4.78 is 5.96. The number of nitrogens with zero attached hydrogens (tertiary/aromatic N) is 2. The molecule has 4 atom stereocenters. The van der Waals surface area contributed by atoms with E-state index in [9.17, 15) is 9.59 Å². The lowest BCUT2D eigenvalue weighted by Gasteiger charge is -2.35. The van der Waals surface area contributed by atoms with E-state index in [1.807, 2.05) is 61.5 Å². The van der Waals surface area contributed by atoms with Gasteiger partial charge in [-0.1, -0.05) is 30.0 Å². The van der Waals surface area contributed by atoms with E-state index in [1.54, 1.807) is 11.1 Å². The van der Waals surface area contributed by atoms with Crippen molar-refractivity contribution in [3.63, 3.8) is 0 Å². The largest absolute Gasteiger partial charge is 0.457 e. The van der Waals surface area contributed by atoms with Gasteiger partial charge >= 0.3 is 6.03 Å². The van der Waals surface area contributed by atoms with Crippen molar-refractivity contribution in [2.75, 3.05) is 4.90 Å². The molecule has 3 aromatic rings. The van der Waals surface area contributed by atoms with Crippen LogP contribution < -0.4 is 26.0 Å². The summed E-state index contributed by atoms with van der Waals surface area (Å²) in [5.41, 5.74) is 9.42. The third kappa shape index (κ3) is 3.98. The third-order valence-electron chi connectivity index (χ3n) is 7.05. The number of carbonyl (C=O) groups is 2. The maximum atomic E-state index is 13.4. The molecule has 4 N–H and O–H groups in total. The molecule has 0 saturated heterocycles. The van der Waals surface area contributed by atoms with Gasteiger partial charge in [-0.15, -0.1) is 0 Å². The van der Waals surface area contributed by atoms with E-state index in [1.165, 1.54) is 11.8 Å². The number of hydrogen-bond donors (Lipinski definition) is 3. The number of aromatic nitrogens is 1. The number of hydrogen-bond acceptors (Lipinski definition) is 6. The number of para-hydroxylation sites is 1. The summed E-state index contributed by atoms with van der Waals surface area (Å²) in [4.78, 5) is 32.9. The number of rotatable bonds is 5. The minimum Gasteiger partial charge on any atom is -0.457 e. The normalized spacial score (nSPS) is 24.3. The molecule has 6 rings (SSSR count). The number of aryl methyl sites for hydroxylation is 1. The molecule has 2 aliphatic heterocycles. The van der Waals surface area contributed by atoms with Crippen molar-refractivity contribution >= 4 is 35.1 Å². The summed E-state index contributed by atoms with van der Waals surface area (Å²) in [5, 5.41) is 6.46. The van der Waals surface area contributed by atoms with Crippen LogP contribution in [0.15, 0.2) is 65.8 Å². The van der Waals surface area contributed by atoms with Gasteiger partial charge in [0.25, 0.3) is 0 Å². The second-order valence-electron chi connectivity index (χ2n) is 9.42. The number of ether oxygens (including phenoxy) is 1. The van der Waals surface area contributed by atoms with Crippen LogP contribution in [0.2, 0.25) is 0 Å². The molecule has 1 fully saturated rings. The highest BCUT2D eigenvalue weighted by Crippen LogP contribution is 2.51. The van der Waals surface area contributed by atoms with Crippen LogP contribution >= 0.6 is 11.8 Å². The SMILES string of the molecule is Cc1cc(Oc2ccccc2)ccc1N1C(=O)NC2c3c1ccnc3SC2C(=O)N[C@H]1CCC[C@H]1N. The minimum absolute atomic E-state index is 0.0235. The average molecular weight is 502 g/mol. The molecule has 36 heavy (non-hydrogen) atoms. The highest BCUT2D eigenvalue weighted by Gasteiger charge is 2.47. The van der Waals surface area contributed by atoms with Gasteiger partial charge in [-0.05, 0) is 68.1 Å². The molecule has 3 heterocycles. The number of thioether (sulfide) groups is 1. The summed E-state index contributed by atoms with van der Waals surface area (Å²) in [6, 6.07) is 16.3. The van der Waals surface area contributed by atoms with Crippen LogP contribution in [0.4, 0.5) is 16.2 Å². The molecule has 184 valence electrons. The maximum Gasteiger partial charge on any atom is 0.327 e. The molecule has 3 aliphatic rings. The Balaban J connectivity index is 1.28. The molecule has 1 aromatic heterocycles. The lowest BCUT2D eigenvalue weighted by molar-refractivity contribution is -0.121. The summed E-state index contributed by atoms with van der Waals surface area (Å²) in [6.07, 6.45) is 4.51. The number of anilines is 2. The zero-order valence-electron chi connectivity index (χ0n) is 19.8. The van der Waals surface area contributed by atoms with E-state index >= 15 is 0 Å². The second-order valence-corrected chi connectivity index (χ2v) is 10.6. The van der Waals surface area contributed by atoms with Crippen molar-refractivity contribution in [1.82, 2.24) is 15.6 Å². The molecule has 2 aromatic carbocycles. The van der Waals surface area contributed by atoms with Gasteiger partial charge in [-0.25, -0.2) is 9.78 Å². The van der Waals surface area contributed by atoms with E-state index in [2.05, 4.69) is 15.6 Å². The first-order valence-electron chi connectivity index (χ1n) is 12.2. The number of nitrogens with one attached hydrogen (secondary N) is 2. The third-order valence-corrected chi connectivity index (χ3v) is 8.34. The number of urea groups is 1. The molecular weight excluding hydrogens is 474 g/mol. The van der Waals surface area contributed by atoms with Gasteiger partial charge < -0.3 is 21.1 Å². The van der Waals surface area contributed by atoms with Gasteiger partial charge in [-0.2, -0.15) is 0 Å². The fourth-order valence-electron chi connectivity index (χ4n) is 5.26. The summed E-state index contributed by atoms with van der Waals surface area (Å²) in [6.45, 7) is 1.95. The highest BCUT2D eigenvalue weighted by atomic mass is 32.2. The molecule has 0 bridgehead atoms. The fraction of sp³-hybridized carbons (Fsp3) is 0.296. The molecule has 0 spiro atoms. The van der Waals surface area contributed by atoms with Gasteiger partial charge in [-0.3, -0.25) is 9.69 Å². The monoisotopic (exact) mass is 501 g/mol. The number of nitrogens with two attached hydrogens (primary N) is 1. The Morgan fingerprint density at radius 3 is 2.72 bits per heavy atom. The summed E-state index contributed by atoms with van der Waals surface area (Å²) in [7, 11) is 0. The van der Waals surface area contributed by atoms with Gasteiger partial charge in [0, 0.05) is 23.8 Å². The van der Waals surface area contributed by atoms with Crippen molar-refractivity contribution in [3.05, 3.63) is 71.9 Å². The van der Waals surface area contributed by atoms with E-state index in [4.69, 9.17) is 10.5 Å². The first-order chi connectivity index (χ1) is 17.5. The van der Waals surface area contributed by atoms with E-state index in [-0.39, 0.29) is 24.0 Å². The van der Waals surface area contributed by atoms with Crippen LogP contribution in [0.5, 0.6) is 11.5 Å². The first-order valence-corrected chi connectivity index (χ1v) is 13.0. The minimum atomic E-state index is -0.490. The van der Waals surface area contributed by atoms with Gasteiger partial charge in [0.2, 0.25) is 5.91 Å². The highest BCUT2D eigenvalue weighted by molar-refractivity contribution is 8.01. The molecule has 8 nitrogen and oxygen atoms in total. The van der Waals surface area contributed by atoms with Crippen molar-refractivity contribution in [1.29, 1.82) is 0 Å². The van der Waals surface area contributed by atoms with Gasteiger partial charge in [0.1, 0.15) is 21.8 Å². The average Bonchev–Trinajstić information content (AvgIpc) is 3.45. The lowest BCUT2D eigenvalue weighted by atomic mass is 9.99. The Labute approximate surface area is 213 Å². The number of pyridine rings is 1. The Morgan fingerprint density at radius 1 is 1.14 bits per heavy atom. The van der Waals surface area contributed by atoms with Crippen LogP contribution in [0.1, 0.15) is 36.4 Å². The summed E-state index contributed by atoms with van der Waals surface area (Å²) in [5.74, 6) is 1.33. The Bertz CT molecular complexity index is 1330. The van der Waals surface area contributed by atoms with Crippen LogP contribution in [0.25, 0.3) is 0 Å². The Morgan fingerprint density at radius 2 is 1.97 bits per heavy atom. The topological polar surface area (TPSA) is 110 Å². The summed E-state index contributed by atoms with van der Waals surface area (Å²) >= 11 is 1.40. The molecule has 1 saturated carbocycles. The van der Waals surface area contributed by atoms with Gasteiger partial charge in [0.15, 0.2) is 0 Å². The van der Waals surface area contributed by atoms with Crippen molar-refractivity contribution in [2.24, 2.45) is 5.73 Å². The number of benzene rings is 2. The lowest BCUT2D eigenvalue weighted by Crippen LogP contribution is -2.52. The molecule has 2 unspecified atom stereocenters. The molecular formula is C27H27N5O3S. The number of carbonyl (C=O) groups excluding carboxylic acids is 2. The van der Waals surface area contributed by atoms with Gasteiger partial charge in [0.05, 0.1) is 17.4 Å². The van der Waals surface area contributed by atoms with Crippen molar-refractivity contribution in [2.45, 2.75) is 54.6 Å². The van der Waals surface area contributed by atoms with E-state index in [0.717, 1.165) is 52.5 Å². The van der Waals surface area contributed by atoms with Crippen molar-refractivity contribution < 1.29 is 14.3 Å². The first kappa shape index (κ1) is 22.9. The standard InChI is InChI=1S/C27H27N5O3S/c1-15-14-17(35-16-6-3-2-4-7-16)10-11-20(15)32-21-12-13-29-26-22(21)23(31-27(32)34)24(36-26)25(33)30-19-9-5-8-18(19)28/h2-4,6-7,10-14,18-19,23-24H,5,8-9,28H2,1H3,(H,30,33)(H,31,34)/t18-,19+,23?,24?/m1/s1. The maximum absolute atomic E-state index is 13.4. The van der Waals surface area contributed by atoms with Crippen LogP contribution in [0, 0.1) is 6.92 Å². The van der Waals surface area contributed by atoms with E-state index in [0.29, 0.717) is 5.75 Å². The Hall–Kier alpha value is -3.56. The van der Waals surface area contributed by atoms with Crippen molar-refractivity contribution in [3.8, 4) is 11.5 Å². The zero-order chi connectivity index (χ0) is 24.8. The number of amides is 3. The molecule has 1 aliphatic carbocycles. The molecule has 0 radical (unpaired) electrons. The second kappa shape index (κ2) is 9.15. The van der Waals surface area contributed by atoms with Crippen LogP contribution in [0.3, 0.4) is 0 Å². The quantitative estimate of drug-likeness (QED) is 0.473. The molecule has 3 amide bonds. The van der Waals surface area contributed by atoms with E-state index < -0.39 is 11.3 Å².